The Balaban J connectivity index is 2.10. The summed E-state index contributed by atoms with van der Waals surface area (Å²) in [4.78, 5) is 0. The third kappa shape index (κ3) is 2.15. The van der Waals surface area contributed by atoms with Crippen molar-refractivity contribution in [3.8, 4) is 17.2 Å². The molecule has 0 amide bonds. The molecule has 2 N–H and O–H groups in total. The molecule has 0 bridgehead atoms. The fourth-order valence-electron chi connectivity index (χ4n) is 1.27. The minimum atomic E-state index is -0.0228. The minimum absolute atomic E-state index is 0.00424. The van der Waals surface area contributed by atoms with Crippen LogP contribution in [0, 0.1) is 0 Å². The third-order valence-corrected chi connectivity index (χ3v) is 2.41. The molecule has 1 unspecified atom stereocenters. The molecular weight excluding hydrogens is 194 g/mol. The van der Waals surface area contributed by atoms with Gasteiger partial charge in [-0.2, -0.15) is 0 Å². The van der Waals surface area contributed by atoms with Crippen molar-refractivity contribution < 1.29 is 14.2 Å². The molecule has 1 aliphatic rings. The van der Waals surface area contributed by atoms with Gasteiger partial charge in [0.1, 0.15) is 11.9 Å². The first-order chi connectivity index (χ1) is 7.16. The molecule has 0 aliphatic carbocycles. The number of fused-ring (bicyclic) bond motifs is 1. The van der Waals surface area contributed by atoms with E-state index in [2.05, 4.69) is 0 Å². The van der Waals surface area contributed by atoms with Crippen molar-refractivity contribution in [3.05, 3.63) is 18.2 Å². The minimum Gasteiger partial charge on any atom is -0.489 e. The van der Waals surface area contributed by atoms with Crippen LogP contribution in [0.5, 0.6) is 17.2 Å². The Morgan fingerprint density at radius 2 is 2.00 bits per heavy atom. The summed E-state index contributed by atoms with van der Waals surface area (Å²) < 4.78 is 16.1. The SMILES string of the molecule is CC(Oc1ccc2c(c1)OCO2)[C@H](C)N. The van der Waals surface area contributed by atoms with Crippen LogP contribution >= 0.6 is 0 Å². The molecule has 1 aliphatic heterocycles. The number of rotatable bonds is 3. The predicted octanol–water partition coefficient (Wildman–Crippen LogP) is 1.53. The summed E-state index contributed by atoms with van der Waals surface area (Å²) in [6.45, 7) is 4.13. The maximum absolute atomic E-state index is 5.72. The van der Waals surface area contributed by atoms with Gasteiger partial charge in [-0.1, -0.05) is 0 Å². The second-order valence-electron chi connectivity index (χ2n) is 3.70. The highest BCUT2D eigenvalue weighted by Crippen LogP contribution is 2.35. The summed E-state index contributed by atoms with van der Waals surface area (Å²) in [5.41, 5.74) is 5.72. The molecule has 0 fully saturated rings. The summed E-state index contributed by atoms with van der Waals surface area (Å²) >= 11 is 0. The van der Waals surface area contributed by atoms with Gasteiger partial charge >= 0.3 is 0 Å². The Hall–Kier alpha value is -1.42. The van der Waals surface area contributed by atoms with E-state index in [1.807, 2.05) is 32.0 Å². The van der Waals surface area contributed by atoms with Gasteiger partial charge in [-0.05, 0) is 26.0 Å². The molecule has 1 aromatic carbocycles. The van der Waals surface area contributed by atoms with Crippen molar-refractivity contribution in [1.82, 2.24) is 0 Å². The Kier molecular flexibility index (Phi) is 2.68. The first-order valence-corrected chi connectivity index (χ1v) is 4.98. The maximum Gasteiger partial charge on any atom is 0.231 e. The highest BCUT2D eigenvalue weighted by atomic mass is 16.7. The lowest BCUT2D eigenvalue weighted by Crippen LogP contribution is -2.33. The monoisotopic (exact) mass is 209 g/mol. The number of nitrogens with two attached hydrogens (primary N) is 1. The van der Waals surface area contributed by atoms with Crippen LogP contribution in [0.25, 0.3) is 0 Å². The molecule has 15 heavy (non-hydrogen) atoms. The highest BCUT2D eigenvalue weighted by molar-refractivity contribution is 5.46. The molecule has 4 nitrogen and oxygen atoms in total. The van der Waals surface area contributed by atoms with Crippen LogP contribution in [0.15, 0.2) is 18.2 Å². The van der Waals surface area contributed by atoms with E-state index in [1.54, 1.807) is 0 Å². The highest BCUT2D eigenvalue weighted by Gasteiger charge is 2.15. The van der Waals surface area contributed by atoms with Crippen molar-refractivity contribution in [3.63, 3.8) is 0 Å². The van der Waals surface area contributed by atoms with E-state index in [-0.39, 0.29) is 18.9 Å². The summed E-state index contributed by atoms with van der Waals surface area (Å²) in [7, 11) is 0. The van der Waals surface area contributed by atoms with Crippen LogP contribution in [-0.4, -0.2) is 18.9 Å². The van der Waals surface area contributed by atoms with E-state index in [0.29, 0.717) is 0 Å². The second kappa shape index (κ2) is 3.98. The van der Waals surface area contributed by atoms with Crippen molar-refractivity contribution in [2.45, 2.75) is 26.0 Å². The zero-order valence-electron chi connectivity index (χ0n) is 8.90. The molecule has 0 saturated carbocycles. The van der Waals surface area contributed by atoms with E-state index in [4.69, 9.17) is 19.9 Å². The molecule has 2 rings (SSSR count). The van der Waals surface area contributed by atoms with Crippen LogP contribution < -0.4 is 19.9 Å². The van der Waals surface area contributed by atoms with Gasteiger partial charge in [-0.15, -0.1) is 0 Å². The Labute approximate surface area is 88.9 Å². The molecule has 2 atom stereocenters. The summed E-state index contributed by atoms with van der Waals surface area (Å²) in [6.07, 6.45) is -0.0228. The molecule has 0 spiro atoms. The summed E-state index contributed by atoms with van der Waals surface area (Å²) in [5.74, 6) is 2.24. The average molecular weight is 209 g/mol. The largest absolute Gasteiger partial charge is 0.489 e. The fraction of sp³-hybridized carbons (Fsp3) is 0.455. The molecule has 82 valence electrons. The lowest BCUT2D eigenvalue weighted by Gasteiger charge is -2.17. The van der Waals surface area contributed by atoms with Gasteiger partial charge in [0.2, 0.25) is 6.79 Å². The van der Waals surface area contributed by atoms with Gasteiger partial charge in [0.25, 0.3) is 0 Å². The van der Waals surface area contributed by atoms with Crippen molar-refractivity contribution in [2.24, 2.45) is 5.73 Å². The van der Waals surface area contributed by atoms with Gasteiger partial charge in [0, 0.05) is 12.1 Å². The summed E-state index contributed by atoms with van der Waals surface area (Å²) in [6, 6.07) is 5.51. The Morgan fingerprint density at radius 3 is 2.73 bits per heavy atom. The average Bonchev–Trinajstić information content (AvgIpc) is 2.64. The van der Waals surface area contributed by atoms with Gasteiger partial charge in [0.05, 0.1) is 0 Å². The lowest BCUT2D eigenvalue weighted by atomic mass is 10.2. The quantitative estimate of drug-likeness (QED) is 0.820. The molecule has 0 radical (unpaired) electrons. The number of hydrogen-bond acceptors (Lipinski definition) is 4. The molecule has 4 heteroatoms. The van der Waals surface area contributed by atoms with Gasteiger partial charge in [-0.25, -0.2) is 0 Å². The fourth-order valence-corrected chi connectivity index (χ4v) is 1.27. The van der Waals surface area contributed by atoms with Gasteiger partial charge < -0.3 is 19.9 Å². The van der Waals surface area contributed by atoms with Crippen LogP contribution in [-0.2, 0) is 0 Å². The van der Waals surface area contributed by atoms with Crippen LogP contribution in [0.4, 0.5) is 0 Å². The third-order valence-electron chi connectivity index (χ3n) is 2.41. The predicted molar refractivity (Wildman–Crippen MR) is 56.3 cm³/mol. The molecule has 0 saturated heterocycles. The zero-order valence-corrected chi connectivity index (χ0v) is 8.90. The molecule has 0 aromatic heterocycles. The number of benzene rings is 1. The topological polar surface area (TPSA) is 53.7 Å². The van der Waals surface area contributed by atoms with Crippen molar-refractivity contribution in [2.75, 3.05) is 6.79 Å². The van der Waals surface area contributed by atoms with Crippen molar-refractivity contribution in [1.29, 1.82) is 0 Å². The van der Waals surface area contributed by atoms with Crippen molar-refractivity contribution >= 4 is 0 Å². The molecular formula is C11H15NO3. The maximum atomic E-state index is 5.72. The van der Waals surface area contributed by atoms with Crippen LogP contribution in [0.2, 0.25) is 0 Å². The van der Waals surface area contributed by atoms with Gasteiger partial charge in [-0.3, -0.25) is 0 Å². The second-order valence-corrected chi connectivity index (χ2v) is 3.70. The molecule has 1 aromatic rings. The van der Waals surface area contributed by atoms with Crippen LogP contribution in [0.3, 0.4) is 0 Å². The van der Waals surface area contributed by atoms with E-state index in [9.17, 15) is 0 Å². The number of hydrogen-bond donors (Lipinski definition) is 1. The van der Waals surface area contributed by atoms with E-state index in [0.717, 1.165) is 17.2 Å². The smallest absolute Gasteiger partial charge is 0.231 e. The van der Waals surface area contributed by atoms with Gasteiger partial charge in [0.15, 0.2) is 11.5 Å². The Bertz CT molecular complexity index is 352. The first kappa shape index (κ1) is 10.1. The Morgan fingerprint density at radius 1 is 1.27 bits per heavy atom. The number of ether oxygens (including phenoxy) is 3. The summed E-state index contributed by atoms with van der Waals surface area (Å²) in [5, 5.41) is 0. The lowest BCUT2D eigenvalue weighted by molar-refractivity contribution is 0.173. The standard InChI is InChI=1S/C11H15NO3/c1-7(12)8(2)15-9-3-4-10-11(5-9)14-6-13-10/h3-5,7-8H,6,12H2,1-2H3/t7-,8?/m0/s1. The zero-order chi connectivity index (χ0) is 10.8. The normalized spacial score (nSPS) is 17.3. The van der Waals surface area contributed by atoms with Crippen LogP contribution in [0.1, 0.15) is 13.8 Å². The van der Waals surface area contributed by atoms with E-state index < -0.39 is 0 Å². The first-order valence-electron chi connectivity index (χ1n) is 4.98. The molecule has 1 heterocycles. The van der Waals surface area contributed by atoms with E-state index >= 15 is 0 Å². The van der Waals surface area contributed by atoms with E-state index in [1.165, 1.54) is 0 Å².